The van der Waals surface area contributed by atoms with Gasteiger partial charge in [0.2, 0.25) is 5.91 Å². The summed E-state index contributed by atoms with van der Waals surface area (Å²) in [5.74, 6) is -0.230. The fraction of sp³-hybridized carbons (Fsp3) is 0.263. The molecule has 3 N–H and O–H groups in total. The number of carbonyl (C=O) groups is 2. The van der Waals surface area contributed by atoms with Crippen molar-refractivity contribution in [1.82, 2.24) is 15.2 Å². The van der Waals surface area contributed by atoms with Crippen LogP contribution >= 0.6 is 34.7 Å². The normalized spacial score (nSPS) is 13.0. The number of hydrogen-bond donors (Lipinski definition) is 3. The molecule has 2 heterocycles. The second-order valence-electron chi connectivity index (χ2n) is 6.50. The number of nitrogens with zero attached hydrogens (tertiary/aromatic N) is 2. The van der Waals surface area contributed by atoms with E-state index in [0.717, 1.165) is 31.2 Å². The molecule has 3 aromatic rings. The Morgan fingerprint density at radius 3 is 2.72 bits per heavy atom. The van der Waals surface area contributed by atoms with Crippen molar-refractivity contribution in [1.29, 1.82) is 0 Å². The molecule has 1 aliphatic rings. The molecule has 1 aliphatic carbocycles. The average molecular weight is 448 g/mol. The third-order valence-electron chi connectivity index (χ3n) is 4.49. The van der Waals surface area contributed by atoms with Gasteiger partial charge in [-0.15, -0.1) is 11.3 Å². The number of fused-ring (bicyclic) bond motifs is 1. The summed E-state index contributed by atoms with van der Waals surface area (Å²) < 4.78 is 0. The van der Waals surface area contributed by atoms with E-state index in [1.807, 2.05) is 0 Å². The molecular weight excluding hydrogens is 430 g/mol. The SMILES string of the molecule is O=C(CSc1ncn[nH]1)Nc1sc2c(c1C(=O)Nc1ccc(Cl)cc1)CCCC2. The van der Waals surface area contributed by atoms with Gasteiger partial charge in [-0.1, -0.05) is 23.4 Å². The molecular formula is C19H18ClN5O2S2. The Hall–Kier alpha value is -2.36. The molecule has 7 nitrogen and oxygen atoms in total. The van der Waals surface area contributed by atoms with Gasteiger partial charge < -0.3 is 10.6 Å². The smallest absolute Gasteiger partial charge is 0.258 e. The summed E-state index contributed by atoms with van der Waals surface area (Å²) in [7, 11) is 0. The number of halogens is 1. The van der Waals surface area contributed by atoms with Gasteiger partial charge in [0.05, 0.1) is 11.3 Å². The molecule has 0 bridgehead atoms. The molecule has 29 heavy (non-hydrogen) atoms. The molecule has 0 atom stereocenters. The topological polar surface area (TPSA) is 99.8 Å². The summed E-state index contributed by atoms with van der Waals surface area (Å²) in [5.41, 5.74) is 2.27. The number of benzene rings is 1. The van der Waals surface area contributed by atoms with Gasteiger partial charge in [0, 0.05) is 15.6 Å². The maximum atomic E-state index is 13.1. The minimum Gasteiger partial charge on any atom is -0.322 e. The fourth-order valence-electron chi connectivity index (χ4n) is 3.18. The summed E-state index contributed by atoms with van der Waals surface area (Å²) in [6.07, 6.45) is 5.31. The van der Waals surface area contributed by atoms with Crippen LogP contribution in [-0.4, -0.2) is 32.7 Å². The Morgan fingerprint density at radius 1 is 1.17 bits per heavy atom. The highest BCUT2D eigenvalue weighted by Gasteiger charge is 2.26. The number of H-pyrrole nitrogens is 1. The number of anilines is 2. The first-order valence-electron chi connectivity index (χ1n) is 9.09. The van der Waals surface area contributed by atoms with Crippen LogP contribution in [0.15, 0.2) is 35.7 Å². The highest BCUT2D eigenvalue weighted by Crippen LogP contribution is 2.38. The number of aryl methyl sites for hydroxylation is 1. The number of aromatic amines is 1. The van der Waals surface area contributed by atoms with Crippen LogP contribution in [0.5, 0.6) is 0 Å². The van der Waals surface area contributed by atoms with Gasteiger partial charge >= 0.3 is 0 Å². The zero-order valence-corrected chi connectivity index (χ0v) is 17.7. The van der Waals surface area contributed by atoms with Crippen LogP contribution in [0.2, 0.25) is 5.02 Å². The van der Waals surface area contributed by atoms with Gasteiger partial charge in [-0.05, 0) is 55.5 Å². The molecule has 0 aliphatic heterocycles. The van der Waals surface area contributed by atoms with Gasteiger partial charge in [-0.3, -0.25) is 14.7 Å². The number of thioether (sulfide) groups is 1. The molecule has 150 valence electrons. The molecule has 2 aromatic heterocycles. The van der Waals surface area contributed by atoms with E-state index in [2.05, 4.69) is 25.8 Å². The van der Waals surface area contributed by atoms with Crippen LogP contribution in [0.3, 0.4) is 0 Å². The maximum Gasteiger partial charge on any atom is 0.258 e. The van der Waals surface area contributed by atoms with E-state index in [-0.39, 0.29) is 17.6 Å². The van der Waals surface area contributed by atoms with Crippen molar-refractivity contribution in [2.24, 2.45) is 0 Å². The number of hydrogen-bond acceptors (Lipinski definition) is 6. The maximum absolute atomic E-state index is 13.1. The Kier molecular flexibility index (Phi) is 6.17. The van der Waals surface area contributed by atoms with Crippen molar-refractivity contribution in [2.75, 3.05) is 16.4 Å². The van der Waals surface area contributed by atoms with Crippen LogP contribution in [-0.2, 0) is 17.6 Å². The number of nitrogens with one attached hydrogen (secondary N) is 3. The molecule has 1 aromatic carbocycles. The van der Waals surface area contributed by atoms with Gasteiger partial charge in [0.1, 0.15) is 11.3 Å². The lowest BCUT2D eigenvalue weighted by Gasteiger charge is -2.13. The van der Waals surface area contributed by atoms with E-state index in [1.54, 1.807) is 24.3 Å². The van der Waals surface area contributed by atoms with Gasteiger partial charge in [-0.25, -0.2) is 4.98 Å². The van der Waals surface area contributed by atoms with Crippen LogP contribution in [0, 0.1) is 0 Å². The number of thiophene rings is 1. The van der Waals surface area contributed by atoms with Crippen molar-refractivity contribution in [3.05, 3.63) is 51.6 Å². The Bertz CT molecular complexity index is 1020. The van der Waals surface area contributed by atoms with Crippen molar-refractivity contribution in [3.8, 4) is 0 Å². The Balaban J connectivity index is 1.53. The molecule has 10 heteroatoms. The summed E-state index contributed by atoms with van der Waals surface area (Å²) in [4.78, 5) is 30.7. The van der Waals surface area contributed by atoms with E-state index in [9.17, 15) is 9.59 Å². The van der Waals surface area contributed by atoms with E-state index >= 15 is 0 Å². The van der Waals surface area contributed by atoms with E-state index in [0.29, 0.717) is 26.4 Å². The lowest BCUT2D eigenvalue weighted by Crippen LogP contribution is -2.19. The van der Waals surface area contributed by atoms with Crippen molar-refractivity contribution < 1.29 is 9.59 Å². The van der Waals surface area contributed by atoms with E-state index in [4.69, 9.17) is 11.6 Å². The average Bonchev–Trinajstić information content (AvgIpc) is 3.35. The number of carbonyl (C=O) groups excluding carboxylic acids is 2. The largest absolute Gasteiger partial charge is 0.322 e. The van der Waals surface area contributed by atoms with Gasteiger partial charge in [-0.2, -0.15) is 5.10 Å². The minimum atomic E-state index is -0.218. The number of rotatable bonds is 6. The second-order valence-corrected chi connectivity index (χ2v) is 9.01. The van der Waals surface area contributed by atoms with E-state index in [1.165, 1.54) is 34.3 Å². The fourth-order valence-corrected chi connectivity index (χ4v) is 5.19. The Morgan fingerprint density at radius 2 is 1.97 bits per heavy atom. The minimum absolute atomic E-state index is 0.177. The summed E-state index contributed by atoms with van der Waals surface area (Å²) in [6.45, 7) is 0. The highest BCUT2D eigenvalue weighted by molar-refractivity contribution is 7.99. The number of amides is 2. The summed E-state index contributed by atoms with van der Waals surface area (Å²) in [6, 6.07) is 6.96. The molecule has 4 rings (SSSR count). The zero-order chi connectivity index (χ0) is 20.2. The Labute approximate surface area is 180 Å². The van der Waals surface area contributed by atoms with Crippen molar-refractivity contribution in [3.63, 3.8) is 0 Å². The third kappa shape index (κ3) is 4.80. The van der Waals surface area contributed by atoms with Crippen LogP contribution in [0.25, 0.3) is 0 Å². The first kappa shape index (κ1) is 19.9. The predicted molar refractivity (Wildman–Crippen MR) is 116 cm³/mol. The lowest BCUT2D eigenvalue weighted by atomic mass is 9.95. The molecule has 0 saturated carbocycles. The zero-order valence-electron chi connectivity index (χ0n) is 15.3. The standard InChI is InChI=1S/C19H18ClN5O2S2/c20-11-5-7-12(8-6-11)23-17(27)16-13-3-1-2-4-14(13)29-18(16)24-15(26)9-28-19-21-10-22-25-19/h5-8,10H,1-4,9H2,(H,23,27)(H,24,26)(H,21,22,25). The lowest BCUT2D eigenvalue weighted by molar-refractivity contribution is -0.113. The van der Waals surface area contributed by atoms with Crippen molar-refractivity contribution in [2.45, 2.75) is 30.8 Å². The molecule has 0 fully saturated rings. The third-order valence-corrected chi connectivity index (χ3v) is 6.82. The summed E-state index contributed by atoms with van der Waals surface area (Å²) in [5, 5.41) is 14.1. The monoisotopic (exact) mass is 447 g/mol. The molecule has 0 saturated heterocycles. The molecule has 2 amide bonds. The van der Waals surface area contributed by atoms with Crippen LogP contribution < -0.4 is 10.6 Å². The first-order valence-corrected chi connectivity index (χ1v) is 11.3. The van der Waals surface area contributed by atoms with Crippen LogP contribution in [0.4, 0.5) is 10.7 Å². The first-order chi connectivity index (χ1) is 14.1. The molecule has 0 spiro atoms. The highest BCUT2D eigenvalue weighted by atomic mass is 35.5. The van der Waals surface area contributed by atoms with Crippen LogP contribution in [0.1, 0.15) is 33.6 Å². The van der Waals surface area contributed by atoms with E-state index < -0.39 is 0 Å². The van der Waals surface area contributed by atoms with Gasteiger partial charge in [0.25, 0.3) is 5.91 Å². The molecule has 0 radical (unpaired) electrons. The predicted octanol–water partition coefficient (Wildman–Crippen LogP) is 4.38. The van der Waals surface area contributed by atoms with Crippen molar-refractivity contribution >= 4 is 57.2 Å². The molecule has 0 unspecified atom stereocenters. The van der Waals surface area contributed by atoms with Gasteiger partial charge in [0.15, 0.2) is 5.16 Å². The number of aromatic nitrogens is 3. The quantitative estimate of drug-likeness (QED) is 0.487. The second kappa shape index (κ2) is 8.98. The summed E-state index contributed by atoms with van der Waals surface area (Å²) >= 11 is 8.67.